The average Bonchev–Trinajstić information content (AvgIpc) is 3.48. The van der Waals surface area contributed by atoms with E-state index in [-0.39, 0.29) is 29.5 Å². The van der Waals surface area contributed by atoms with Crippen LogP contribution in [0.3, 0.4) is 0 Å². The summed E-state index contributed by atoms with van der Waals surface area (Å²) in [6, 6.07) is 0.680. The number of piperidine rings is 1. The van der Waals surface area contributed by atoms with Gasteiger partial charge in [-0.2, -0.15) is 0 Å². The fourth-order valence-corrected chi connectivity index (χ4v) is 9.96. The van der Waals surface area contributed by atoms with E-state index in [9.17, 15) is 32.7 Å². The number of benzene rings is 1. The predicted octanol–water partition coefficient (Wildman–Crippen LogP) is 1.76. The van der Waals surface area contributed by atoms with Gasteiger partial charge >= 0.3 is 11.9 Å². The van der Waals surface area contributed by atoms with Crippen LogP contribution in [0.2, 0.25) is 0 Å². The first kappa shape index (κ1) is 34.7. The zero-order chi connectivity index (χ0) is 33.1. The van der Waals surface area contributed by atoms with Crippen molar-refractivity contribution >= 4 is 28.7 Å². The maximum absolute atomic E-state index is 14.1. The van der Waals surface area contributed by atoms with E-state index < -0.39 is 74.6 Å². The molecule has 2 aromatic rings. The average molecular weight is 660 g/mol. The molecule has 1 aromatic carbocycles. The maximum Gasteiger partial charge on any atom is 0.303 e. The number of hydrogen-bond donors (Lipinski definition) is 3. The third-order valence-electron chi connectivity index (χ3n) is 8.47. The van der Waals surface area contributed by atoms with Crippen molar-refractivity contribution in [2.75, 3.05) is 46.2 Å². The molecule has 0 saturated carbocycles. The van der Waals surface area contributed by atoms with Crippen molar-refractivity contribution in [1.29, 1.82) is 0 Å². The quantitative estimate of drug-likeness (QED) is 0.196. The third-order valence-corrected chi connectivity index (χ3v) is 11.9. The molecule has 3 heterocycles. The number of ether oxygens (including phenoxy) is 3. The number of methoxy groups -OCH3 is 1. The van der Waals surface area contributed by atoms with Crippen molar-refractivity contribution in [1.82, 2.24) is 25.2 Å². The van der Waals surface area contributed by atoms with E-state index in [4.69, 9.17) is 14.2 Å². The first-order valence-corrected chi connectivity index (χ1v) is 16.3. The second-order valence-electron chi connectivity index (χ2n) is 11.4. The fourth-order valence-electron chi connectivity index (χ4n) is 6.08. The van der Waals surface area contributed by atoms with Crippen LogP contribution in [0.25, 0.3) is 11.3 Å². The van der Waals surface area contributed by atoms with Gasteiger partial charge < -0.3 is 29.5 Å². The molecule has 0 spiro atoms. The third kappa shape index (κ3) is 7.45. The summed E-state index contributed by atoms with van der Waals surface area (Å²) in [6.45, 7) is 5.41. The maximum atomic E-state index is 14.1. The second-order valence-corrected chi connectivity index (χ2v) is 13.9. The molecule has 0 bridgehead atoms. The van der Waals surface area contributed by atoms with Gasteiger partial charge in [-0.05, 0) is 45.0 Å². The SMILES string of the molecule is CCN(C)C(=O)C([SH]1C[C@H](OC)[C@H](n2cc(-c3cc(F)c(F)c(F)c3)nn2)[C@@H](OC(C)=O)[C@H]1COC(C)=O)C1(O)CCNCC1. The number of esters is 2. The minimum atomic E-state index is -1.62. The van der Waals surface area contributed by atoms with Crippen LogP contribution in [-0.2, 0) is 28.6 Å². The van der Waals surface area contributed by atoms with Crippen LogP contribution in [-0.4, -0.2) is 117 Å². The number of aromatic nitrogens is 3. The zero-order valence-electron chi connectivity index (χ0n) is 25.8. The standard InChI is InChI=1S/C29H40F3N5O7S/c1-6-36(4)28(40)27(29(41)7-9-33-10-8-29)45-15-22(42-5)25(26(44-17(3)39)23(45)14-43-16(2)38)37-13-21(34-35-37)18-11-19(30)24(32)20(31)12-18/h11-13,22-23,25-27,33,41,45H,6-10,14-15H2,1-5H3/t22-,23+,25-,26-,27?/m0/s1. The van der Waals surface area contributed by atoms with Crippen LogP contribution in [0.4, 0.5) is 13.2 Å². The molecule has 0 radical (unpaired) electrons. The Hall–Kier alpha value is -3.21. The Bertz CT molecular complexity index is 1370. The lowest BCUT2D eigenvalue weighted by Gasteiger charge is -2.53. The van der Waals surface area contributed by atoms with Crippen LogP contribution in [0.15, 0.2) is 18.3 Å². The number of halogens is 3. The van der Waals surface area contributed by atoms with Crippen molar-refractivity contribution in [3.05, 3.63) is 35.8 Å². The Morgan fingerprint density at radius 2 is 1.82 bits per heavy atom. The van der Waals surface area contributed by atoms with E-state index >= 15 is 0 Å². The van der Waals surface area contributed by atoms with Gasteiger partial charge in [0.1, 0.15) is 24.4 Å². The number of thiol groups is 1. The molecule has 1 amide bonds. The fraction of sp³-hybridized carbons (Fsp3) is 0.621. The Kier molecular flexibility index (Phi) is 11.2. The van der Waals surface area contributed by atoms with Gasteiger partial charge in [0.05, 0.1) is 28.4 Å². The molecule has 2 aliphatic rings. The lowest BCUT2D eigenvalue weighted by molar-refractivity contribution is -0.154. The number of aliphatic hydroxyl groups is 1. The Morgan fingerprint density at radius 3 is 2.38 bits per heavy atom. The second kappa shape index (κ2) is 14.5. The van der Waals surface area contributed by atoms with Crippen molar-refractivity contribution in [3.8, 4) is 11.3 Å². The highest BCUT2D eigenvalue weighted by Crippen LogP contribution is 2.54. The molecule has 12 nitrogen and oxygen atoms in total. The van der Waals surface area contributed by atoms with E-state index in [1.807, 2.05) is 6.92 Å². The van der Waals surface area contributed by atoms with E-state index in [0.717, 1.165) is 12.1 Å². The first-order chi connectivity index (χ1) is 21.3. The molecule has 6 atom stereocenters. The normalized spacial score (nSPS) is 26.1. The van der Waals surface area contributed by atoms with Gasteiger partial charge in [0, 0.05) is 45.9 Å². The molecule has 250 valence electrons. The summed E-state index contributed by atoms with van der Waals surface area (Å²) in [6.07, 6.45) is 0.130. The predicted molar refractivity (Wildman–Crippen MR) is 159 cm³/mol. The van der Waals surface area contributed by atoms with Gasteiger partial charge in [0.2, 0.25) is 5.91 Å². The number of hydrogen-bond acceptors (Lipinski definition) is 10. The van der Waals surface area contributed by atoms with Crippen molar-refractivity contribution in [2.24, 2.45) is 0 Å². The van der Waals surface area contributed by atoms with Crippen LogP contribution < -0.4 is 5.32 Å². The van der Waals surface area contributed by atoms with Gasteiger partial charge in [0.25, 0.3) is 0 Å². The van der Waals surface area contributed by atoms with E-state index in [1.54, 1.807) is 7.05 Å². The summed E-state index contributed by atoms with van der Waals surface area (Å²) < 4.78 is 60.3. The Labute approximate surface area is 261 Å². The number of carbonyl (C=O) groups excluding carboxylic acids is 3. The summed E-state index contributed by atoms with van der Waals surface area (Å²) in [4.78, 5) is 40.2. The molecule has 2 unspecified atom stereocenters. The molecule has 4 rings (SSSR count). The lowest BCUT2D eigenvalue weighted by atomic mass is 9.88. The molecule has 2 N–H and O–H groups in total. The summed E-state index contributed by atoms with van der Waals surface area (Å²) >= 11 is 0. The number of nitrogens with zero attached hydrogens (tertiary/aromatic N) is 4. The molecule has 1 aromatic heterocycles. The smallest absolute Gasteiger partial charge is 0.303 e. The highest BCUT2D eigenvalue weighted by atomic mass is 32.2. The number of nitrogens with one attached hydrogen (secondary N) is 1. The van der Waals surface area contributed by atoms with Gasteiger partial charge in [0.15, 0.2) is 17.5 Å². The molecular formula is C29H40F3N5O7S. The number of rotatable bonds is 10. The van der Waals surface area contributed by atoms with Crippen molar-refractivity contribution < 1.29 is 46.9 Å². The van der Waals surface area contributed by atoms with Crippen LogP contribution in [0, 0.1) is 17.5 Å². The minimum Gasteiger partial charge on any atom is -0.465 e. The van der Waals surface area contributed by atoms with E-state index in [1.165, 1.54) is 36.7 Å². The van der Waals surface area contributed by atoms with Crippen LogP contribution in [0.1, 0.15) is 39.7 Å². The van der Waals surface area contributed by atoms with Crippen LogP contribution in [0.5, 0.6) is 0 Å². The molecule has 2 aliphatic heterocycles. The minimum absolute atomic E-state index is 0.00948. The molecule has 0 aliphatic carbocycles. The highest BCUT2D eigenvalue weighted by Gasteiger charge is 2.55. The summed E-state index contributed by atoms with van der Waals surface area (Å²) in [5.74, 6) is -5.74. The monoisotopic (exact) mass is 659 g/mol. The molecular weight excluding hydrogens is 619 g/mol. The highest BCUT2D eigenvalue weighted by molar-refractivity contribution is 8.18. The van der Waals surface area contributed by atoms with Gasteiger partial charge in [-0.25, -0.2) is 28.7 Å². The lowest BCUT2D eigenvalue weighted by Crippen LogP contribution is -2.61. The molecule has 2 saturated heterocycles. The molecule has 2 fully saturated rings. The number of carbonyl (C=O) groups is 3. The zero-order valence-corrected chi connectivity index (χ0v) is 26.7. The molecule has 16 heteroatoms. The summed E-state index contributed by atoms with van der Waals surface area (Å²) in [5, 5.41) is 21.8. The van der Waals surface area contributed by atoms with Gasteiger partial charge in [-0.1, -0.05) is 5.21 Å². The first-order valence-electron chi connectivity index (χ1n) is 14.6. The van der Waals surface area contributed by atoms with Crippen molar-refractivity contribution in [2.45, 2.75) is 68.0 Å². The van der Waals surface area contributed by atoms with Gasteiger partial charge in [-0.3, -0.25) is 14.4 Å². The van der Waals surface area contributed by atoms with Crippen LogP contribution >= 0.6 is 10.9 Å². The summed E-state index contributed by atoms with van der Waals surface area (Å²) in [5.41, 5.74) is -1.46. The summed E-state index contributed by atoms with van der Waals surface area (Å²) in [7, 11) is 1.48. The van der Waals surface area contributed by atoms with Gasteiger partial charge in [-0.15, -0.1) is 5.10 Å². The largest absolute Gasteiger partial charge is 0.465 e. The number of amides is 1. The Balaban J connectivity index is 1.84. The molecule has 45 heavy (non-hydrogen) atoms. The van der Waals surface area contributed by atoms with Crippen molar-refractivity contribution in [3.63, 3.8) is 0 Å². The van der Waals surface area contributed by atoms with E-state index in [0.29, 0.717) is 32.5 Å². The topological polar surface area (TPSA) is 145 Å². The Morgan fingerprint density at radius 1 is 1.18 bits per heavy atom. The van der Waals surface area contributed by atoms with E-state index in [2.05, 4.69) is 15.6 Å².